The maximum absolute atomic E-state index is 12.1. The van der Waals surface area contributed by atoms with Crippen LogP contribution >= 0.6 is 11.6 Å². The lowest BCUT2D eigenvalue weighted by atomic mass is 10.1. The minimum atomic E-state index is -0.672. The molecule has 0 saturated heterocycles. The first-order chi connectivity index (χ1) is 9.49. The third-order valence-corrected chi connectivity index (χ3v) is 2.87. The summed E-state index contributed by atoms with van der Waals surface area (Å²) in [6.45, 7) is 1.78. The highest BCUT2D eigenvalue weighted by atomic mass is 35.5. The van der Waals surface area contributed by atoms with Gasteiger partial charge in [-0.2, -0.15) is 0 Å². The van der Waals surface area contributed by atoms with Crippen LogP contribution in [0.1, 0.15) is 16.1 Å². The number of nitrogens with one attached hydrogen (secondary N) is 1. The lowest BCUT2D eigenvalue weighted by molar-refractivity contribution is -0.385. The van der Waals surface area contributed by atoms with Crippen LogP contribution in [0.25, 0.3) is 0 Å². The number of aryl methyl sites for hydroxylation is 1. The molecule has 0 aliphatic carbocycles. The van der Waals surface area contributed by atoms with Crippen LogP contribution in [-0.2, 0) is 0 Å². The summed E-state index contributed by atoms with van der Waals surface area (Å²) in [6, 6.07) is 7.47. The number of nitrogens with zero attached hydrogens (tertiary/aromatic N) is 2. The van der Waals surface area contributed by atoms with Gasteiger partial charge < -0.3 is 5.32 Å². The van der Waals surface area contributed by atoms with E-state index in [1.165, 1.54) is 24.4 Å². The van der Waals surface area contributed by atoms with Crippen molar-refractivity contribution < 1.29 is 9.72 Å². The molecule has 0 bridgehead atoms. The Morgan fingerprint density at radius 3 is 2.80 bits per heavy atom. The van der Waals surface area contributed by atoms with Crippen LogP contribution in [0.4, 0.5) is 11.4 Å². The molecule has 1 amide bonds. The van der Waals surface area contributed by atoms with Gasteiger partial charge in [-0.1, -0.05) is 17.7 Å². The van der Waals surface area contributed by atoms with Crippen molar-refractivity contribution in [3.63, 3.8) is 0 Å². The van der Waals surface area contributed by atoms with Crippen molar-refractivity contribution in [3.8, 4) is 0 Å². The summed E-state index contributed by atoms with van der Waals surface area (Å²) in [5, 5.41) is 13.5. The molecule has 0 spiro atoms. The lowest BCUT2D eigenvalue weighted by Gasteiger charge is -2.07. The van der Waals surface area contributed by atoms with Gasteiger partial charge in [-0.05, 0) is 31.2 Å². The first-order valence-corrected chi connectivity index (χ1v) is 6.04. The number of anilines is 1. The molecule has 2 rings (SSSR count). The average molecular weight is 292 g/mol. The van der Waals surface area contributed by atoms with Gasteiger partial charge in [0.25, 0.3) is 5.91 Å². The molecule has 1 aromatic heterocycles. The number of carbonyl (C=O) groups is 1. The number of rotatable bonds is 3. The molecule has 0 fully saturated rings. The van der Waals surface area contributed by atoms with Crippen molar-refractivity contribution in [1.29, 1.82) is 0 Å². The Morgan fingerprint density at radius 2 is 2.15 bits per heavy atom. The number of aromatic nitrogens is 1. The summed E-state index contributed by atoms with van der Waals surface area (Å²) >= 11 is 5.77. The Bertz CT molecular complexity index is 688. The van der Waals surface area contributed by atoms with Crippen LogP contribution in [0.5, 0.6) is 0 Å². The number of pyridine rings is 1. The molecule has 0 unspecified atom stereocenters. The second kappa shape index (κ2) is 5.66. The second-order valence-corrected chi connectivity index (χ2v) is 4.44. The highest BCUT2D eigenvalue weighted by molar-refractivity contribution is 6.33. The molecular formula is C13H10ClN3O3. The number of para-hydroxylation sites is 1. The Morgan fingerprint density at radius 1 is 1.40 bits per heavy atom. The monoisotopic (exact) mass is 291 g/mol. The quantitative estimate of drug-likeness (QED) is 0.695. The molecule has 1 aromatic carbocycles. The number of nitro groups is 1. The molecule has 0 saturated carbocycles. The zero-order valence-corrected chi connectivity index (χ0v) is 11.2. The molecule has 1 heterocycles. The minimum absolute atomic E-state index is 0.0754. The van der Waals surface area contributed by atoms with Crippen molar-refractivity contribution in [3.05, 3.63) is 62.9 Å². The van der Waals surface area contributed by atoms with Gasteiger partial charge in [0.2, 0.25) is 0 Å². The van der Waals surface area contributed by atoms with E-state index >= 15 is 0 Å². The van der Waals surface area contributed by atoms with Gasteiger partial charge in [0.1, 0.15) is 10.6 Å². The van der Waals surface area contributed by atoms with E-state index in [1.54, 1.807) is 19.1 Å². The highest BCUT2D eigenvalue weighted by Gasteiger charge is 2.23. The number of amides is 1. The molecule has 1 N–H and O–H groups in total. The normalized spacial score (nSPS) is 10.1. The molecule has 2 aromatic rings. The molecule has 6 nitrogen and oxygen atoms in total. The van der Waals surface area contributed by atoms with Gasteiger partial charge in [0.15, 0.2) is 0 Å². The van der Waals surface area contributed by atoms with E-state index in [0.717, 1.165) is 5.69 Å². The number of hydrogen-bond donors (Lipinski definition) is 1. The second-order valence-electron chi connectivity index (χ2n) is 4.03. The molecule has 0 aliphatic heterocycles. The summed E-state index contributed by atoms with van der Waals surface area (Å²) < 4.78 is 0. The number of carbonyl (C=O) groups excluding carboxylic acids is 1. The standard InChI is InChI=1S/C13H10ClN3O3/c1-8-7-9(5-6-15-8)16-13(18)10-3-2-4-11(14)12(10)17(19)20/h2-7H,1H3,(H,15,16,18). The van der Waals surface area contributed by atoms with E-state index in [-0.39, 0.29) is 10.6 Å². The topological polar surface area (TPSA) is 85.1 Å². The molecular weight excluding hydrogens is 282 g/mol. The molecule has 0 atom stereocenters. The molecule has 20 heavy (non-hydrogen) atoms. The van der Waals surface area contributed by atoms with Crippen LogP contribution in [0.2, 0.25) is 5.02 Å². The molecule has 102 valence electrons. The fourth-order valence-corrected chi connectivity index (χ4v) is 1.95. The van der Waals surface area contributed by atoms with Gasteiger partial charge >= 0.3 is 5.69 Å². The first kappa shape index (κ1) is 14.0. The predicted octanol–water partition coefficient (Wildman–Crippen LogP) is 3.20. The summed E-state index contributed by atoms with van der Waals surface area (Å²) in [4.78, 5) is 26.4. The van der Waals surface area contributed by atoms with E-state index in [0.29, 0.717) is 5.69 Å². The number of nitro benzene ring substituents is 1. The molecule has 0 aliphatic rings. The number of benzene rings is 1. The SMILES string of the molecule is Cc1cc(NC(=O)c2cccc(Cl)c2[N+](=O)[O-])ccn1. The summed E-state index contributed by atoms with van der Waals surface area (Å²) in [6.07, 6.45) is 1.54. The van der Waals surface area contributed by atoms with E-state index in [2.05, 4.69) is 10.3 Å². The van der Waals surface area contributed by atoms with Crippen LogP contribution in [0.15, 0.2) is 36.5 Å². The maximum Gasteiger partial charge on any atom is 0.300 e. The Balaban J connectivity index is 2.35. The smallest absolute Gasteiger partial charge is 0.300 e. The predicted molar refractivity (Wildman–Crippen MR) is 75.0 cm³/mol. The van der Waals surface area contributed by atoms with Crippen LogP contribution in [0.3, 0.4) is 0 Å². The van der Waals surface area contributed by atoms with Gasteiger partial charge in [-0.25, -0.2) is 0 Å². The third-order valence-electron chi connectivity index (χ3n) is 2.57. The van der Waals surface area contributed by atoms with Crippen molar-refractivity contribution >= 4 is 28.9 Å². The maximum atomic E-state index is 12.1. The Hall–Kier alpha value is -2.47. The van der Waals surface area contributed by atoms with Crippen molar-refractivity contribution in [2.45, 2.75) is 6.92 Å². The fourth-order valence-electron chi connectivity index (χ4n) is 1.71. The number of halogens is 1. The van der Waals surface area contributed by atoms with E-state index < -0.39 is 16.5 Å². The van der Waals surface area contributed by atoms with Crippen molar-refractivity contribution in [2.75, 3.05) is 5.32 Å². The van der Waals surface area contributed by atoms with Crippen LogP contribution in [-0.4, -0.2) is 15.8 Å². The van der Waals surface area contributed by atoms with Crippen molar-refractivity contribution in [2.24, 2.45) is 0 Å². The zero-order valence-electron chi connectivity index (χ0n) is 10.5. The largest absolute Gasteiger partial charge is 0.322 e. The average Bonchev–Trinajstić information content (AvgIpc) is 2.37. The summed E-state index contributed by atoms with van der Waals surface area (Å²) in [7, 11) is 0. The third kappa shape index (κ3) is 2.92. The van der Waals surface area contributed by atoms with Crippen LogP contribution in [0, 0.1) is 17.0 Å². The first-order valence-electron chi connectivity index (χ1n) is 5.66. The van der Waals surface area contributed by atoms with Gasteiger partial charge in [-0.3, -0.25) is 19.9 Å². The number of hydrogen-bond acceptors (Lipinski definition) is 4. The van der Waals surface area contributed by atoms with E-state index in [9.17, 15) is 14.9 Å². The molecule has 0 radical (unpaired) electrons. The minimum Gasteiger partial charge on any atom is -0.322 e. The van der Waals surface area contributed by atoms with E-state index in [4.69, 9.17) is 11.6 Å². The van der Waals surface area contributed by atoms with Crippen LogP contribution < -0.4 is 5.32 Å². The Kier molecular flexibility index (Phi) is 3.95. The van der Waals surface area contributed by atoms with E-state index in [1.807, 2.05) is 0 Å². The highest BCUT2D eigenvalue weighted by Crippen LogP contribution is 2.28. The van der Waals surface area contributed by atoms with Gasteiger partial charge in [0.05, 0.1) is 4.92 Å². The van der Waals surface area contributed by atoms with Gasteiger partial charge in [0, 0.05) is 17.6 Å². The van der Waals surface area contributed by atoms with Gasteiger partial charge in [-0.15, -0.1) is 0 Å². The Labute approximate surface area is 119 Å². The fraction of sp³-hybridized carbons (Fsp3) is 0.0769. The van der Waals surface area contributed by atoms with Crippen molar-refractivity contribution in [1.82, 2.24) is 4.98 Å². The zero-order chi connectivity index (χ0) is 14.7. The molecule has 7 heteroatoms. The lowest BCUT2D eigenvalue weighted by Crippen LogP contribution is -2.14. The summed E-state index contributed by atoms with van der Waals surface area (Å²) in [5.41, 5.74) is 0.745. The summed E-state index contributed by atoms with van der Waals surface area (Å²) in [5.74, 6) is -0.593.